The van der Waals surface area contributed by atoms with Gasteiger partial charge >= 0.3 is 0 Å². The summed E-state index contributed by atoms with van der Waals surface area (Å²) in [5.41, 5.74) is 5.75. The summed E-state index contributed by atoms with van der Waals surface area (Å²) in [4.78, 5) is 9.92. The summed E-state index contributed by atoms with van der Waals surface area (Å²) >= 11 is 6.25. The van der Waals surface area contributed by atoms with Gasteiger partial charge in [0.05, 0.1) is 10.6 Å². The lowest BCUT2D eigenvalue weighted by atomic mass is 10.3. The average molecular weight is 334 g/mol. The van der Waals surface area contributed by atoms with Gasteiger partial charge in [0.1, 0.15) is 4.21 Å². The van der Waals surface area contributed by atoms with E-state index in [1.54, 1.807) is 12.1 Å². The number of sulfonamides is 1. The van der Waals surface area contributed by atoms with E-state index in [0.717, 1.165) is 6.07 Å². The number of thiophene rings is 1. The number of hydrogen-bond donors (Lipinski definition) is 2. The Morgan fingerprint density at radius 1 is 1.35 bits per heavy atom. The lowest BCUT2D eigenvalue weighted by molar-refractivity contribution is -0.384. The summed E-state index contributed by atoms with van der Waals surface area (Å²) in [5, 5.41) is 10.7. The third kappa shape index (κ3) is 3.00. The van der Waals surface area contributed by atoms with E-state index < -0.39 is 20.6 Å². The lowest BCUT2D eigenvalue weighted by Gasteiger charge is -2.06. The molecule has 2 rings (SSSR count). The molecular formula is C10H8ClN3O4S2. The first kappa shape index (κ1) is 14.6. The van der Waals surface area contributed by atoms with Crippen LogP contribution in [0.3, 0.4) is 0 Å². The topological polar surface area (TPSA) is 115 Å². The van der Waals surface area contributed by atoms with E-state index >= 15 is 0 Å². The van der Waals surface area contributed by atoms with E-state index in [0.29, 0.717) is 17.0 Å². The SMILES string of the molecule is Nc1cccc(NS(=O)(=O)c2cc([N+](=O)[O-])c(Cl)s2)c1. The summed E-state index contributed by atoms with van der Waals surface area (Å²) in [5.74, 6) is 0. The molecule has 10 heteroatoms. The van der Waals surface area contributed by atoms with Gasteiger partial charge in [-0.15, -0.1) is 11.3 Å². The zero-order valence-corrected chi connectivity index (χ0v) is 12.1. The monoisotopic (exact) mass is 333 g/mol. The first-order chi connectivity index (χ1) is 9.29. The molecule has 0 fully saturated rings. The summed E-state index contributed by atoms with van der Waals surface area (Å²) in [6.07, 6.45) is 0. The summed E-state index contributed by atoms with van der Waals surface area (Å²) in [6.45, 7) is 0. The van der Waals surface area contributed by atoms with E-state index in [1.807, 2.05) is 0 Å². The van der Waals surface area contributed by atoms with Crippen LogP contribution in [0.2, 0.25) is 4.34 Å². The Labute approximate surface area is 123 Å². The van der Waals surface area contributed by atoms with Gasteiger partial charge in [0.25, 0.3) is 15.7 Å². The minimum absolute atomic E-state index is 0.192. The molecule has 20 heavy (non-hydrogen) atoms. The second kappa shape index (κ2) is 5.27. The number of nitrogen functional groups attached to an aromatic ring is 1. The molecule has 0 bridgehead atoms. The molecule has 106 valence electrons. The number of hydrogen-bond acceptors (Lipinski definition) is 6. The van der Waals surface area contributed by atoms with Crippen LogP contribution in [-0.4, -0.2) is 13.3 Å². The number of nitrogens with one attached hydrogen (secondary N) is 1. The van der Waals surface area contributed by atoms with Crippen LogP contribution in [0, 0.1) is 10.1 Å². The van der Waals surface area contributed by atoms with Crippen molar-refractivity contribution in [1.29, 1.82) is 0 Å². The van der Waals surface area contributed by atoms with Gasteiger partial charge in [-0.25, -0.2) is 8.42 Å². The van der Waals surface area contributed by atoms with Crippen molar-refractivity contribution in [2.75, 3.05) is 10.5 Å². The van der Waals surface area contributed by atoms with Crippen LogP contribution >= 0.6 is 22.9 Å². The first-order valence-corrected chi connectivity index (χ1v) is 7.79. The van der Waals surface area contributed by atoms with Gasteiger partial charge in [-0.3, -0.25) is 14.8 Å². The fourth-order valence-electron chi connectivity index (χ4n) is 1.40. The third-order valence-corrected chi connectivity index (χ3v) is 5.44. The van der Waals surface area contributed by atoms with Crippen LogP contribution in [-0.2, 0) is 10.0 Å². The highest BCUT2D eigenvalue weighted by Gasteiger charge is 2.25. The predicted octanol–water partition coefficient (Wildman–Crippen LogP) is 2.69. The van der Waals surface area contributed by atoms with E-state index in [4.69, 9.17) is 17.3 Å². The summed E-state index contributed by atoms with van der Waals surface area (Å²) in [7, 11) is -3.94. The number of nitro groups is 1. The predicted molar refractivity (Wildman–Crippen MR) is 77.6 cm³/mol. The van der Waals surface area contributed by atoms with Crippen molar-refractivity contribution in [2.45, 2.75) is 4.21 Å². The highest BCUT2D eigenvalue weighted by Crippen LogP contribution is 2.36. The molecule has 0 radical (unpaired) electrons. The van der Waals surface area contributed by atoms with Crippen molar-refractivity contribution in [3.05, 3.63) is 44.8 Å². The standard InChI is InChI=1S/C10H8ClN3O4S2/c11-10-8(14(15)16)5-9(19-10)20(17,18)13-7-3-1-2-6(12)4-7/h1-5,13H,12H2. The molecule has 0 unspecified atom stereocenters. The number of nitrogens with two attached hydrogens (primary N) is 1. The Balaban J connectivity index is 2.36. The van der Waals surface area contributed by atoms with Gasteiger partial charge < -0.3 is 5.73 Å². The maximum atomic E-state index is 12.1. The molecule has 0 saturated carbocycles. The fraction of sp³-hybridized carbons (Fsp3) is 0. The van der Waals surface area contributed by atoms with Gasteiger partial charge in [-0.05, 0) is 18.2 Å². The van der Waals surface area contributed by atoms with Crippen molar-refractivity contribution >= 4 is 50.0 Å². The van der Waals surface area contributed by atoms with E-state index in [1.165, 1.54) is 12.1 Å². The van der Waals surface area contributed by atoms with Crippen molar-refractivity contribution in [3.63, 3.8) is 0 Å². The maximum Gasteiger partial charge on any atom is 0.300 e. The molecule has 0 spiro atoms. The summed E-state index contributed by atoms with van der Waals surface area (Å²) < 4.78 is 26.0. The van der Waals surface area contributed by atoms with Crippen molar-refractivity contribution in [3.8, 4) is 0 Å². The van der Waals surface area contributed by atoms with Crippen molar-refractivity contribution in [2.24, 2.45) is 0 Å². The normalized spacial score (nSPS) is 11.2. The number of benzene rings is 1. The van der Waals surface area contributed by atoms with Crippen molar-refractivity contribution in [1.82, 2.24) is 0 Å². The number of nitrogens with zero attached hydrogens (tertiary/aromatic N) is 1. The van der Waals surface area contributed by atoms with Gasteiger partial charge in [0.2, 0.25) is 0 Å². The molecule has 0 aliphatic carbocycles. The van der Waals surface area contributed by atoms with Gasteiger partial charge in [-0.2, -0.15) is 0 Å². The molecule has 7 nitrogen and oxygen atoms in total. The Kier molecular flexibility index (Phi) is 3.84. The molecule has 0 atom stereocenters. The number of anilines is 2. The van der Waals surface area contributed by atoms with Gasteiger partial charge in [-0.1, -0.05) is 17.7 Å². The quantitative estimate of drug-likeness (QED) is 0.507. The lowest BCUT2D eigenvalue weighted by Crippen LogP contribution is -2.11. The zero-order valence-electron chi connectivity index (χ0n) is 9.74. The smallest absolute Gasteiger partial charge is 0.300 e. The second-order valence-electron chi connectivity index (χ2n) is 3.71. The molecule has 1 heterocycles. The maximum absolute atomic E-state index is 12.1. The van der Waals surface area contributed by atoms with Crippen LogP contribution in [0.4, 0.5) is 17.1 Å². The minimum Gasteiger partial charge on any atom is -0.399 e. The molecule has 0 aliphatic rings. The highest BCUT2D eigenvalue weighted by molar-refractivity contribution is 7.94. The highest BCUT2D eigenvalue weighted by atomic mass is 35.5. The third-order valence-electron chi connectivity index (χ3n) is 2.25. The zero-order chi connectivity index (χ0) is 14.9. The molecule has 3 N–H and O–H groups in total. The average Bonchev–Trinajstić information content (AvgIpc) is 2.71. The van der Waals surface area contributed by atoms with Crippen molar-refractivity contribution < 1.29 is 13.3 Å². The Morgan fingerprint density at radius 2 is 2.05 bits per heavy atom. The largest absolute Gasteiger partial charge is 0.399 e. The van der Waals surface area contributed by atoms with Crippen LogP contribution in [0.15, 0.2) is 34.5 Å². The minimum atomic E-state index is -3.94. The van der Waals surface area contributed by atoms with Crippen LogP contribution in [0.5, 0.6) is 0 Å². The number of rotatable bonds is 4. The Hall–Kier alpha value is -1.84. The Morgan fingerprint density at radius 3 is 2.60 bits per heavy atom. The summed E-state index contributed by atoms with van der Waals surface area (Å²) in [6, 6.07) is 7.04. The molecule has 2 aromatic rings. The molecule has 0 aliphatic heterocycles. The molecule has 1 aromatic carbocycles. The Bertz CT molecular complexity index is 773. The van der Waals surface area contributed by atoms with E-state index in [9.17, 15) is 18.5 Å². The molecule has 0 amide bonds. The van der Waals surface area contributed by atoms with E-state index in [-0.39, 0.29) is 14.2 Å². The molecule has 1 aromatic heterocycles. The second-order valence-corrected chi connectivity index (χ2v) is 7.28. The molecular weight excluding hydrogens is 326 g/mol. The number of halogens is 1. The van der Waals surface area contributed by atoms with Gasteiger partial charge in [0, 0.05) is 11.8 Å². The van der Waals surface area contributed by atoms with Crippen LogP contribution < -0.4 is 10.5 Å². The van der Waals surface area contributed by atoms with Crippen LogP contribution in [0.1, 0.15) is 0 Å². The van der Waals surface area contributed by atoms with E-state index in [2.05, 4.69) is 4.72 Å². The van der Waals surface area contributed by atoms with Crippen LogP contribution in [0.25, 0.3) is 0 Å². The van der Waals surface area contributed by atoms with Gasteiger partial charge in [0.15, 0.2) is 4.34 Å². The first-order valence-electron chi connectivity index (χ1n) is 5.11. The molecule has 0 saturated heterocycles. The fourth-order valence-corrected chi connectivity index (χ4v) is 4.12.